The van der Waals surface area contributed by atoms with Crippen molar-refractivity contribution in [3.63, 3.8) is 0 Å². The average molecular weight is 395 g/mol. The molecular weight excluding hydrogens is 381 g/mol. The second-order valence-corrected chi connectivity index (χ2v) is 8.01. The average Bonchev–Trinajstić information content (AvgIpc) is 3.06. The molecule has 1 aromatic rings. The quantitative estimate of drug-likeness (QED) is 0.748. The van der Waals surface area contributed by atoms with Gasteiger partial charge in [-0.2, -0.15) is 0 Å². The van der Waals surface area contributed by atoms with E-state index in [-0.39, 0.29) is 15.9 Å². The zero-order chi connectivity index (χ0) is 14.3. The molecule has 0 aliphatic heterocycles. The first-order chi connectivity index (χ1) is 8.73. The van der Waals surface area contributed by atoms with Crippen LogP contribution in [-0.4, -0.2) is 26.0 Å². The molecule has 2 N–H and O–H groups in total. The molecule has 5 nitrogen and oxygen atoms in total. The van der Waals surface area contributed by atoms with Gasteiger partial charge in [0.15, 0.2) is 0 Å². The summed E-state index contributed by atoms with van der Waals surface area (Å²) >= 11 is 1.87. The summed E-state index contributed by atoms with van der Waals surface area (Å²) in [5.41, 5.74) is 0.0624. The molecule has 1 fully saturated rings. The van der Waals surface area contributed by atoms with Gasteiger partial charge in [0.1, 0.15) is 0 Å². The predicted octanol–water partition coefficient (Wildman–Crippen LogP) is 2.07. The number of carboxylic acids is 1. The normalized spacial score (nSPS) is 17.2. The smallest absolute Gasteiger partial charge is 0.336 e. The van der Waals surface area contributed by atoms with Crippen molar-refractivity contribution < 1.29 is 18.3 Å². The lowest BCUT2D eigenvalue weighted by atomic mass is 10.2. The van der Waals surface area contributed by atoms with Crippen molar-refractivity contribution >= 4 is 38.6 Å². The zero-order valence-corrected chi connectivity index (χ0v) is 13.3. The maximum atomic E-state index is 12.1. The van der Waals surface area contributed by atoms with Crippen LogP contribution in [0.1, 0.15) is 30.1 Å². The Balaban J connectivity index is 2.24. The molecule has 0 bridgehead atoms. The fourth-order valence-corrected chi connectivity index (χ4v) is 3.37. The van der Waals surface area contributed by atoms with Gasteiger partial charge in [-0.05, 0) is 59.0 Å². The van der Waals surface area contributed by atoms with Gasteiger partial charge in [-0.1, -0.05) is 6.92 Å². The van der Waals surface area contributed by atoms with Crippen LogP contribution in [0.15, 0.2) is 23.1 Å². The van der Waals surface area contributed by atoms with Crippen LogP contribution in [0.2, 0.25) is 0 Å². The van der Waals surface area contributed by atoms with E-state index in [9.17, 15) is 13.2 Å². The Bertz CT molecular complexity index is 623. The molecule has 0 heterocycles. The maximum absolute atomic E-state index is 12.1. The highest BCUT2D eigenvalue weighted by Crippen LogP contribution is 2.44. The minimum atomic E-state index is -3.64. The van der Waals surface area contributed by atoms with E-state index in [2.05, 4.69) is 4.72 Å². The molecule has 2 rings (SSSR count). The predicted molar refractivity (Wildman–Crippen MR) is 78.6 cm³/mol. The van der Waals surface area contributed by atoms with E-state index in [1.807, 2.05) is 29.5 Å². The summed E-state index contributed by atoms with van der Waals surface area (Å²) in [6, 6.07) is 4.12. The molecule has 0 amide bonds. The summed E-state index contributed by atoms with van der Waals surface area (Å²) in [7, 11) is -3.64. The van der Waals surface area contributed by atoms with E-state index in [0.717, 1.165) is 12.8 Å². The fraction of sp³-hybridized carbons (Fsp3) is 0.417. The fourth-order valence-electron chi connectivity index (χ4n) is 1.58. The third-order valence-corrected chi connectivity index (χ3v) is 5.61. The monoisotopic (exact) mass is 395 g/mol. The molecule has 0 spiro atoms. The van der Waals surface area contributed by atoms with Gasteiger partial charge in [-0.25, -0.2) is 17.9 Å². The number of carboxylic acid groups (broad SMARTS) is 1. The van der Waals surface area contributed by atoms with Crippen molar-refractivity contribution in [2.75, 3.05) is 6.54 Å². The van der Waals surface area contributed by atoms with Gasteiger partial charge in [0.05, 0.1) is 10.5 Å². The van der Waals surface area contributed by atoms with Crippen LogP contribution < -0.4 is 4.72 Å². The Morgan fingerprint density at radius 2 is 2.11 bits per heavy atom. The molecule has 1 saturated carbocycles. The Hall–Kier alpha value is -0.670. The Labute approximate surface area is 125 Å². The van der Waals surface area contributed by atoms with Crippen LogP contribution in [-0.2, 0) is 10.0 Å². The lowest BCUT2D eigenvalue weighted by Crippen LogP contribution is -2.29. The molecule has 0 radical (unpaired) electrons. The SMILES string of the molecule is CC1(CNS(=O)(=O)c2ccc(I)c(C(=O)O)c2)CC1. The number of rotatable bonds is 5. The lowest BCUT2D eigenvalue weighted by molar-refractivity contribution is 0.0695. The molecule has 7 heteroatoms. The van der Waals surface area contributed by atoms with Crippen LogP contribution in [0.3, 0.4) is 0 Å². The zero-order valence-electron chi connectivity index (χ0n) is 10.3. The number of hydrogen-bond donors (Lipinski definition) is 2. The largest absolute Gasteiger partial charge is 0.478 e. The van der Waals surface area contributed by atoms with Gasteiger partial charge in [0.2, 0.25) is 10.0 Å². The highest BCUT2D eigenvalue weighted by Gasteiger charge is 2.38. The molecule has 0 saturated heterocycles. The number of carbonyl (C=O) groups is 1. The van der Waals surface area contributed by atoms with E-state index in [0.29, 0.717) is 10.1 Å². The molecule has 19 heavy (non-hydrogen) atoms. The van der Waals surface area contributed by atoms with Gasteiger partial charge >= 0.3 is 5.97 Å². The van der Waals surface area contributed by atoms with Crippen molar-refractivity contribution in [3.05, 3.63) is 27.3 Å². The Morgan fingerprint density at radius 1 is 1.47 bits per heavy atom. The molecule has 0 unspecified atom stereocenters. The van der Waals surface area contributed by atoms with Gasteiger partial charge in [0, 0.05) is 10.1 Å². The van der Waals surface area contributed by atoms with Crippen LogP contribution >= 0.6 is 22.6 Å². The topological polar surface area (TPSA) is 83.5 Å². The lowest BCUT2D eigenvalue weighted by Gasteiger charge is -2.11. The van der Waals surface area contributed by atoms with Crippen molar-refractivity contribution in [2.45, 2.75) is 24.7 Å². The van der Waals surface area contributed by atoms with Crippen LogP contribution in [0, 0.1) is 8.99 Å². The van der Waals surface area contributed by atoms with E-state index in [1.165, 1.54) is 18.2 Å². The van der Waals surface area contributed by atoms with Crippen LogP contribution in [0.5, 0.6) is 0 Å². The highest BCUT2D eigenvalue weighted by atomic mass is 127. The number of hydrogen-bond acceptors (Lipinski definition) is 3. The number of benzene rings is 1. The summed E-state index contributed by atoms with van der Waals surface area (Å²) in [6.07, 6.45) is 2.03. The molecule has 1 aliphatic carbocycles. The third kappa shape index (κ3) is 3.46. The first-order valence-electron chi connectivity index (χ1n) is 5.76. The molecule has 1 aliphatic rings. The van der Waals surface area contributed by atoms with Gasteiger partial charge < -0.3 is 5.11 Å². The standard InChI is InChI=1S/C12H14INO4S/c1-12(4-5-12)7-14-19(17,18)8-2-3-10(13)9(6-8)11(15)16/h2-3,6,14H,4-5,7H2,1H3,(H,15,16). The number of halogens is 1. The number of sulfonamides is 1. The minimum absolute atomic E-state index is 0.00103. The summed E-state index contributed by atoms with van der Waals surface area (Å²) in [4.78, 5) is 11.0. The summed E-state index contributed by atoms with van der Waals surface area (Å²) in [6.45, 7) is 2.41. The van der Waals surface area contributed by atoms with E-state index < -0.39 is 16.0 Å². The van der Waals surface area contributed by atoms with Gasteiger partial charge in [-0.15, -0.1) is 0 Å². The van der Waals surface area contributed by atoms with E-state index in [1.54, 1.807) is 0 Å². The first kappa shape index (κ1) is 14.7. The van der Waals surface area contributed by atoms with Crippen LogP contribution in [0.4, 0.5) is 0 Å². The molecule has 0 aromatic heterocycles. The van der Waals surface area contributed by atoms with Crippen molar-refractivity contribution in [3.8, 4) is 0 Å². The molecule has 104 valence electrons. The second kappa shape index (κ2) is 5.02. The summed E-state index contributed by atoms with van der Waals surface area (Å²) in [5.74, 6) is -1.13. The molecule has 1 aromatic carbocycles. The molecular formula is C12H14INO4S. The summed E-state index contributed by atoms with van der Waals surface area (Å²) < 4.78 is 27.2. The van der Waals surface area contributed by atoms with E-state index >= 15 is 0 Å². The van der Waals surface area contributed by atoms with Crippen molar-refractivity contribution in [1.82, 2.24) is 4.72 Å². The maximum Gasteiger partial charge on any atom is 0.336 e. The Morgan fingerprint density at radius 3 is 2.63 bits per heavy atom. The van der Waals surface area contributed by atoms with Gasteiger partial charge in [0.25, 0.3) is 0 Å². The van der Waals surface area contributed by atoms with Crippen molar-refractivity contribution in [2.24, 2.45) is 5.41 Å². The number of aromatic carboxylic acids is 1. The Kier molecular flexibility index (Phi) is 3.90. The number of nitrogens with one attached hydrogen (secondary N) is 1. The third-order valence-electron chi connectivity index (χ3n) is 3.27. The van der Waals surface area contributed by atoms with E-state index in [4.69, 9.17) is 5.11 Å². The minimum Gasteiger partial charge on any atom is -0.478 e. The van der Waals surface area contributed by atoms with Crippen LogP contribution in [0.25, 0.3) is 0 Å². The first-order valence-corrected chi connectivity index (χ1v) is 8.32. The van der Waals surface area contributed by atoms with Gasteiger partial charge in [-0.3, -0.25) is 0 Å². The molecule has 0 atom stereocenters. The second-order valence-electron chi connectivity index (χ2n) is 5.08. The highest BCUT2D eigenvalue weighted by molar-refractivity contribution is 14.1. The summed E-state index contributed by atoms with van der Waals surface area (Å²) in [5, 5.41) is 9.00. The van der Waals surface area contributed by atoms with Crippen molar-refractivity contribution in [1.29, 1.82) is 0 Å².